The van der Waals surface area contributed by atoms with Gasteiger partial charge in [0.05, 0.1) is 17.7 Å². The topological polar surface area (TPSA) is 200 Å². The predicted octanol–water partition coefficient (Wildman–Crippen LogP) is 1.97. The quantitative estimate of drug-likeness (QED) is 0.172. The van der Waals surface area contributed by atoms with Crippen molar-refractivity contribution >= 4 is 5.97 Å². The molecular formula is C22H19O11+. The number of carbonyl (C=O) groups excluding carboxylic acids is 1. The van der Waals surface area contributed by atoms with Gasteiger partial charge in [-0.3, -0.25) is 0 Å². The first kappa shape index (κ1) is 21.6. The van der Waals surface area contributed by atoms with E-state index in [0.717, 1.165) is 24.3 Å². The van der Waals surface area contributed by atoms with Gasteiger partial charge in [0, 0.05) is 17.5 Å². The Morgan fingerprint density at radius 1 is 0.818 bits per heavy atom. The Hall–Kier alpha value is -4.67. The largest absolute Gasteiger partial charge is 0.593 e. The number of rotatable bonds is 3. The van der Waals surface area contributed by atoms with E-state index in [1.807, 2.05) is 0 Å². The molecule has 0 amide bonds. The summed E-state index contributed by atoms with van der Waals surface area (Å²) in [5, 5.41) is 76.3. The van der Waals surface area contributed by atoms with Crippen molar-refractivity contribution in [2.75, 3.05) is 0 Å². The van der Waals surface area contributed by atoms with E-state index in [-0.39, 0.29) is 40.4 Å². The number of aromatic hydroxyl groups is 7. The summed E-state index contributed by atoms with van der Waals surface area (Å²) in [6, 6.07) is 6.45. The van der Waals surface area contributed by atoms with Crippen LogP contribution in [0.4, 0.5) is 0 Å². The van der Waals surface area contributed by atoms with E-state index in [2.05, 4.69) is 0 Å². The van der Waals surface area contributed by atoms with Crippen molar-refractivity contribution in [3.05, 3.63) is 53.1 Å². The summed E-state index contributed by atoms with van der Waals surface area (Å²) in [6.07, 6.45) is -2.41. The zero-order chi connectivity index (χ0) is 24.0. The molecule has 33 heavy (non-hydrogen) atoms. The van der Waals surface area contributed by atoms with E-state index in [4.69, 9.17) is 14.6 Å². The maximum atomic E-state index is 12.7. The maximum absolute atomic E-state index is 12.7. The highest BCUT2D eigenvalue weighted by Gasteiger charge is 2.37. The molecule has 0 aliphatic carbocycles. The minimum atomic E-state index is -1.16. The Morgan fingerprint density at radius 2 is 1.36 bits per heavy atom. The third-order valence-corrected chi connectivity index (χ3v) is 5.17. The van der Waals surface area contributed by atoms with Gasteiger partial charge < -0.3 is 50.3 Å². The Kier molecular flexibility index (Phi) is 5.09. The van der Waals surface area contributed by atoms with Crippen molar-refractivity contribution < 1.29 is 55.1 Å². The SMILES string of the molecule is O=C(O[C@@H]1Cc2c(O)cc([OH2+])cc2O[C@@H]1c1cc(O)c(O)c(O)c1)c1cc(O)c(O)c(O)c1. The van der Waals surface area contributed by atoms with Gasteiger partial charge in [0.25, 0.3) is 5.75 Å². The smallest absolute Gasteiger partial charge is 0.338 e. The van der Waals surface area contributed by atoms with Crippen molar-refractivity contribution in [2.45, 2.75) is 18.6 Å². The second-order valence-corrected chi connectivity index (χ2v) is 7.43. The first-order chi connectivity index (χ1) is 15.5. The number of ether oxygens (including phenoxy) is 2. The van der Waals surface area contributed by atoms with Crippen LogP contribution in [0.2, 0.25) is 0 Å². The molecule has 3 aromatic rings. The van der Waals surface area contributed by atoms with Gasteiger partial charge in [-0.25, -0.2) is 4.79 Å². The van der Waals surface area contributed by atoms with Gasteiger partial charge in [0.1, 0.15) is 17.6 Å². The molecule has 1 aliphatic rings. The summed E-state index contributed by atoms with van der Waals surface area (Å²) in [5.74, 6) is -5.62. The van der Waals surface area contributed by atoms with Crippen LogP contribution in [0, 0.1) is 0 Å². The first-order valence-electron chi connectivity index (χ1n) is 9.50. The molecule has 0 bridgehead atoms. The van der Waals surface area contributed by atoms with Gasteiger partial charge in [0.15, 0.2) is 40.6 Å². The molecular weight excluding hydrogens is 440 g/mol. The summed E-state index contributed by atoms with van der Waals surface area (Å²) in [6.45, 7) is 0. The third kappa shape index (κ3) is 3.87. The van der Waals surface area contributed by atoms with Crippen LogP contribution >= 0.6 is 0 Å². The molecule has 0 radical (unpaired) electrons. The highest BCUT2D eigenvalue weighted by atomic mass is 16.6. The Morgan fingerprint density at radius 3 is 1.94 bits per heavy atom. The van der Waals surface area contributed by atoms with E-state index < -0.39 is 52.7 Å². The molecule has 0 saturated carbocycles. The number of hydrogen-bond acceptors (Lipinski definition) is 10. The lowest BCUT2D eigenvalue weighted by molar-refractivity contribution is -0.0189. The summed E-state index contributed by atoms with van der Waals surface area (Å²) in [7, 11) is 0. The van der Waals surface area contributed by atoms with Crippen molar-refractivity contribution in [3.63, 3.8) is 0 Å². The average molecular weight is 459 g/mol. The van der Waals surface area contributed by atoms with Gasteiger partial charge >= 0.3 is 5.97 Å². The van der Waals surface area contributed by atoms with Crippen molar-refractivity contribution in [1.29, 1.82) is 0 Å². The molecule has 3 aromatic carbocycles. The zero-order valence-corrected chi connectivity index (χ0v) is 16.7. The van der Waals surface area contributed by atoms with Gasteiger partial charge in [0.2, 0.25) is 0 Å². The fourth-order valence-corrected chi connectivity index (χ4v) is 3.57. The van der Waals surface area contributed by atoms with Gasteiger partial charge in [-0.1, -0.05) is 0 Å². The number of benzene rings is 3. The second kappa shape index (κ2) is 7.79. The molecule has 9 N–H and O–H groups in total. The molecule has 0 unspecified atom stereocenters. The van der Waals surface area contributed by atoms with Crippen molar-refractivity contribution in [2.24, 2.45) is 0 Å². The molecule has 2 atom stereocenters. The first-order valence-corrected chi connectivity index (χ1v) is 9.50. The lowest BCUT2D eigenvalue weighted by Crippen LogP contribution is -2.34. The number of esters is 1. The molecule has 11 nitrogen and oxygen atoms in total. The molecule has 1 aliphatic heterocycles. The number of phenols is 7. The highest BCUT2D eigenvalue weighted by molar-refractivity contribution is 5.91. The fraction of sp³-hybridized carbons (Fsp3) is 0.136. The summed E-state index contributed by atoms with van der Waals surface area (Å²) >= 11 is 0. The molecule has 0 fully saturated rings. The normalized spacial score (nSPS) is 17.1. The molecule has 11 heteroatoms. The van der Waals surface area contributed by atoms with Crippen LogP contribution in [0.1, 0.15) is 27.6 Å². The van der Waals surface area contributed by atoms with Crippen molar-refractivity contribution in [1.82, 2.24) is 0 Å². The van der Waals surface area contributed by atoms with E-state index in [9.17, 15) is 40.5 Å². The van der Waals surface area contributed by atoms with E-state index >= 15 is 0 Å². The van der Waals surface area contributed by atoms with Crippen LogP contribution in [-0.4, -0.2) is 52.9 Å². The van der Waals surface area contributed by atoms with Crippen molar-refractivity contribution in [3.8, 4) is 51.7 Å². The molecule has 0 spiro atoms. The van der Waals surface area contributed by atoms with Crippen LogP contribution < -0.4 is 4.74 Å². The lowest BCUT2D eigenvalue weighted by Gasteiger charge is -2.33. The zero-order valence-electron chi connectivity index (χ0n) is 16.7. The number of carbonyl (C=O) groups is 1. The van der Waals surface area contributed by atoms with Crippen LogP contribution in [0.25, 0.3) is 0 Å². The molecule has 0 saturated heterocycles. The van der Waals surface area contributed by atoms with Gasteiger partial charge in [-0.15, -0.1) is 0 Å². The molecule has 1 heterocycles. The Balaban J connectivity index is 1.75. The molecule has 4 rings (SSSR count). The van der Waals surface area contributed by atoms with Crippen LogP contribution in [-0.2, 0) is 11.2 Å². The molecule has 172 valence electrons. The predicted molar refractivity (Wildman–Crippen MR) is 110 cm³/mol. The monoisotopic (exact) mass is 459 g/mol. The van der Waals surface area contributed by atoms with E-state index in [1.54, 1.807) is 0 Å². The lowest BCUT2D eigenvalue weighted by atomic mass is 9.93. The van der Waals surface area contributed by atoms with E-state index in [1.165, 1.54) is 12.1 Å². The summed E-state index contributed by atoms with van der Waals surface area (Å²) < 4.78 is 11.3. The maximum Gasteiger partial charge on any atom is 0.338 e. The number of fused-ring (bicyclic) bond motifs is 1. The Bertz CT molecular complexity index is 1220. The van der Waals surface area contributed by atoms with Crippen LogP contribution in [0.5, 0.6) is 51.7 Å². The third-order valence-electron chi connectivity index (χ3n) is 5.17. The molecule has 0 aromatic heterocycles. The number of hydrogen-bond donors (Lipinski definition) is 7. The summed E-state index contributed by atoms with van der Waals surface area (Å²) in [5.41, 5.74) is 0.0515. The van der Waals surface area contributed by atoms with E-state index in [0.29, 0.717) is 0 Å². The number of phenolic OH excluding ortho intramolecular Hbond substituents is 7. The minimum absolute atomic E-state index is 0.0492. The second-order valence-electron chi connectivity index (χ2n) is 7.43. The average Bonchev–Trinajstić information content (AvgIpc) is 2.75. The Labute approximate surface area is 185 Å². The van der Waals surface area contributed by atoms with Gasteiger partial charge in [-0.05, 0) is 24.3 Å². The highest BCUT2D eigenvalue weighted by Crippen LogP contribution is 2.46. The fourth-order valence-electron chi connectivity index (χ4n) is 3.57. The van der Waals surface area contributed by atoms with Gasteiger partial charge in [-0.2, -0.15) is 0 Å². The standard InChI is InChI=1S/C22H18O11/c23-10-5-12(24)11-7-18(33-22(31)9-3-15(27)20(30)16(28)4-9)21(32-17(11)6-10)8-1-13(25)19(29)14(26)2-8/h1-6,18,21,23-30H,7H2/p+1/t18-,21-/m1/s1. The summed E-state index contributed by atoms with van der Waals surface area (Å²) in [4.78, 5) is 12.7. The van der Waals surface area contributed by atoms with Crippen LogP contribution in [0.3, 0.4) is 0 Å². The minimum Gasteiger partial charge on any atom is -0.593 e. The van der Waals surface area contributed by atoms with Crippen LogP contribution in [0.15, 0.2) is 36.4 Å².